The molecule has 1 aliphatic heterocycles. The van der Waals surface area contributed by atoms with E-state index in [4.69, 9.17) is 4.74 Å². The third kappa shape index (κ3) is 3.41. The molecule has 0 N–H and O–H groups in total. The summed E-state index contributed by atoms with van der Waals surface area (Å²) in [6.45, 7) is 4.05. The molecule has 1 nitrogen and oxygen atoms in total. The molecule has 1 heteroatoms. The second-order valence-electron chi connectivity index (χ2n) is 6.26. The van der Waals surface area contributed by atoms with E-state index in [1.165, 1.54) is 5.56 Å². The van der Waals surface area contributed by atoms with Crippen molar-refractivity contribution in [1.29, 1.82) is 0 Å². The van der Waals surface area contributed by atoms with E-state index >= 15 is 0 Å². The molecular formula is C21H26O. The van der Waals surface area contributed by atoms with Crippen LogP contribution in [-0.2, 0) is 4.74 Å². The van der Waals surface area contributed by atoms with E-state index < -0.39 is 0 Å². The van der Waals surface area contributed by atoms with Gasteiger partial charge in [-0.15, -0.1) is 0 Å². The van der Waals surface area contributed by atoms with Crippen molar-refractivity contribution in [3.8, 4) is 0 Å². The van der Waals surface area contributed by atoms with Gasteiger partial charge in [-0.05, 0) is 24.8 Å². The fourth-order valence-corrected chi connectivity index (χ4v) is 3.59. The van der Waals surface area contributed by atoms with Gasteiger partial charge in [-0.3, -0.25) is 0 Å². The Kier molecular flexibility index (Phi) is 5.29. The van der Waals surface area contributed by atoms with Gasteiger partial charge in [-0.25, -0.2) is 0 Å². The van der Waals surface area contributed by atoms with Gasteiger partial charge < -0.3 is 4.74 Å². The molecule has 0 aromatic heterocycles. The number of rotatable bonds is 6. The second kappa shape index (κ2) is 7.60. The Labute approximate surface area is 134 Å². The third-order valence-electron chi connectivity index (χ3n) is 4.81. The highest BCUT2D eigenvalue weighted by Crippen LogP contribution is 2.50. The zero-order chi connectivity index (χ0) is 15.2. The average Bonchev–Trinajstić information content (AvgIpc) is 2.96. The number of unbranched alkanes of at least 4 members (excludes halogenated alkanes) is 1. The largest absolute Gasteiger partial charge is 0.380 e. The lowest BCUT2D eigenvalue weighted by Gasteiger charge is -2.41. The predicted molar refractivity (Wildman–Crippen MR) is 93.5 cm³/mol. The first-order valence-corrected chi connectivity index (χ1v) is 8.56. The number of allylic oxidation sites excluding steroid dienone is 4. The van der Waals surface area contributed by atoms with E-state index in [2.05, 4.69) is 67.6 Å². The van der Waals surface area contributed by atoms with Gasteiger partial charge >= 0.3 is 0 Å². The Morgan fingerprint density at radius 2 is 1.95 bits per heavy atom. The molecule has 116 valence electrons. The maximum absolute atomic E-state index is 5.70. The molecule has 3 atom stereocenters. The smallest absolute Gasteiger partial charge is 0.0535 e. The molecule has 1 heterocycles. The second-order valence-corrected chi connectivity index (χ2v) is 6.26. The van der Waals surface area contributed by atoms with E-state index in [9.17, 15) is 0 Å². The highest BCUT2D eigenvalue weighted by molar-refractivity contribution is 5.51. The summed E-state index contributed by atoms with van der Waals surface area (Å²) in [5.41, 5.74) is 2.90. The van der Waals surface area contributed by atoms with Crippen LogP contribution in [0.3, 0.4) is 0 Å². The topological polar surface area (TPSA) is 9.23 Å². The summed E-state index contributed by atoms with van der Waals surface area (Å²) in [6, 6.07) is 10.6. The van der Waals surface area contributed by atoms with Gasteiger partial charge in [0.2, 0.25) is 0 Å². The first-order valence-electron chi connectivity index (χ1n) is 8.56. The Balaban J connectivity index is 1.64. The monoisotopic (exact) mass is 294 g/mol. The van der Waals surface area contributed by atoms with Crippen LogP contribution in [-0.4, -0.2) is 13.2 Å². The molecule has 2 fully saturated rings. The molecule has 3 rings (SSSR count). The molecule has 1 aromatic carbocycles. The fourth-order valence-electron chi connectivity index (χ4n) is 3.59. The minimum Gasteiger partial charge on any atom is -0.380 e. The van der Waals surface area contributed by atoms with Gasteiger partial charge in [0.25, 0.3) is 0 Å². The highest BCUT2D eigenvalue weighted by atomic mass is 16.5. The lowest BCUT2D eigenvalue weighted by Crippen LogP contribution is -2.37. The lowest BCUT2D eigenvalue weighted by atomic mass is 9.62. The summed E-state index contributed by atoms with van der Waals surface area (Å²) in [7, 11) is 0. The van der Waals surface area contributed by atoms with Gasteiger partial charge in [0.1, 0.15) is 0 Å². The van der Waals surface area contributed by atoms with Crippen LogP contribution in [0, 0.1) is 17.8 Å². The number of hydrogen-bond acceptors (Lipinski definition) is 1. The zero-order valence-corrected chi connectivity index (χ0v) is 13.4. The minimum absolute atomic E-state index is 0.586. The van der Waals surface area contributed by atoms with Crippen molar-refractivity contribution >= 4 is 6.08 Å². The van der Waals surface area contributed by atoms with E-state index in [1.807, 2.05) is 0 Å². The summed E-state index contributed by atoms with van der Waals surface area (Å²) in [5.74, 6) is 1.97. The lowest BCUT2D eigenvalue weighted by molar-refractivity contribution is 0.184. The Morgan fingerprint density at radius 1 is 1.09 bits per heavy atom. The molecular weight excluding hydrogens is 268 g/mol. The molecule has 0 bridgehead atoms. The van der Waals surface area contributed by atoms with Gasteiger partial charge in [0, 0.05) is 17.8 Å². The van der Waals surface area contributed by atoms with E-state index in [1.54, 1.807) is 5.57 Å². The molecule has 1 aliphatic carbocycles. The van der Waals surface area contributed by atoms with Crippen molar-refractivity contribution < 1.29 is 4.74 Å². The van der Waals surface area contributed by atoms with Gasteiger partial charge in [0.15, 0.2) is 0 Å². The van der Waals surface area contributed by atoms with Gasteiger partial charge in [-0.2, -0.15) is 0 Å². The third-order valence-corrected chi connectivity index (χ3v) is 4.81. The first-order chi connectivity index (χ1) is 10.9. The average molecular weight is 294 g/mol. The molecule has 0 spiro atoms. The highest BCUT2D eigenvalue weighted by Gasteiger charge is 2.47. The van der Waals surface area contributed by atoms with Gasteiger partial charge in [0.05, 0.1) is 13.2 Å². The van der Waals surface area contributed by atoms with Crippen LogP contribution in [0.5, 0.6) is 0 Å². The van der Waals surface area contributed by atoms with Crippen molar-refractivity contribution in [2.45, 2.75) is 26.2 Å². The fraction of sp³-hybridized carbons (Fsp3) is 0.429. The minimum atomic E-state index is 0.586. The Hall–Kier alpha value is -1.60. The van der Waals surface area contributed by atoms with Crippen LogP contribution in [0.4, 0.5) is 0 Å². The van der Waals surface area contributed by atoms with Crippen LogP contribution < -0.4 is 0 Å². The molecule has 0 amide bonds. The quantitative estimate of drug-likeness (QED) is 0.513. The van der Waals surface area contributed by atoms with Crippen molar-refractivity contribution in [2.24, 2.45) is 17.8 Å². The van der Waals surface area contributed by atoms with E-state index in [-0.39, 0.29) is 0 Å². The van der Waals surface area contributed by atoms with Crippen molar-refractivity contribution in [3.05, 3.63) is 65.8 Å². The number of fused-ring (bicyclic) bond motifs is 1. The molecule has 1 aromatic rings. The van der Waals surface area contributed by atoms with Crippen molar-refractivity contribution in [1.82, 2.24) is 0 Å². The van der Waals surface area contributed by atoms with E-state index in [0.29, 0.717) is 17.8 Å². The number of ether oxygens (including phenoxy) is 1. The predicted octanol–water partition coefficient (Wildman–Crippen LogP) is 5.27. The zero-order valence-electron chi connectivity index (χ0n) is 13.4. The SMILES string of the molecule is CC/C=C/CC/C=C1\[C@H](/C=C/c2ccccc2)[C@H]2COC[C@@H]12. The normalized spacial score (nSPS) is 29.3. The van der Waals surface area contributed by atoms with Crippen LogP contribution in [0.1, 0.15) is 31.7 Å². The summed E-state index contributed by atoms with van der Waals surface area (Å²) >= 11 is 0. The molecule has 1 saturated carbocycles. The molecule has 2 aliphatic rings. The summed E-state index contributed by atoms with van der Waals surface area (Å²) in [6.07, 6.45) is 15.1. The van der Waals surface area contributed by atoms with Gasteiger partial charge in [-0.1, -0.05) is 73.2 Å². The Bertz CT molecular complexity index is 553. The standard InChI is InChI=1S/C21H26O/c1-2-3-4-5-9-12-18-19(21-16-22-15-20(18)21)14-13-17-10-7-6-8-11-17/h3-4,6-8,10-14,19-21H,2,5,9,15-16H2,1H3/b4-3+,14-13+,18-12+/t19-,20-,21+/m0/s1. The van der Waals surface area contributed by atoms with Crippen molar-refractivity contribution in [2.75, 3.05) is 13.2 Å². The summed E-state index contributed by atoms with van der Waals surface area (Å²) < 4.78 is 5.70. The summed E-state index contributed by atoms with van der Waals surface area (Å²) in [4.78, 5) is 0. The summed E-state index contributed by atoms with van der Waals surface area (Å²) in [5, 5.41) is 0. The Morgan fingerprint density at radius 3 is 2.77 bits per heavy atom. The van der Waals surface area contributed by atoms with Crippen LogP contribution in [0.15, 0.2) is 60.2 Å². The maximum atomic E-state index is 5.70. The van der Waals surface area contributed by atoms with Crippen LogP contribution >= 0.6 is 0 Å². The molecule has 22 heavy (non-hydrogen) atoms. The number of hydrogen-bond donors (Lipinski definition) is 0. The van der Waals surface area contributed by atoms with Crippen LogP contribution in [0.25, 0.3) is 6.08 Å². The molecule has 0 unspecified atom stereocenters. The maximum Gasteiger partial charge on any atom is 0.0535 e. The molecule has 1 saturated heterocycles. The van der Waals surface area contributed by atoms with Crippen LogP contribution in [0.2, 0.25) is 0 Å². The van der Waals surface area contributed by atoms with Crippen molar-refractivity contribution in [3.63, 3.8) is 0 Å². The molecule has 0 radical (unpaired) electrons. The van der Waals surface area contributed by atoms with E-state index in [0.717, 1.165) is 32.5 Å². The number of benzene rings is 1. The first kappa shape index (κ1) is 15.3.